The van der Waals surface area contributed by atoms with Gasteiger partial charge in [0.2, 0.25) is 5.88 Å². The van der Waals surface area contributed by atoms with Crippen LogP contribution in [0.5, 0.6) is 5.88 Å². The maximum Gasteiger partial charge on any atom is 0.211 e. The second-order valence-corrected chi connectivity index (χ2v) is 3.47. The van der Waals surface area contributed by atoms with E-state index in [2.05, 4.69) is 20.9 Å². The summed E-state index contributed by atoms with van der Waals surface area (Å²) in [5.74, 6) is -0.454. The van der Waals surface area contributed by atoms with Crippen LogP contribution in [0.4, 0.5) is 4.39 Å². The van der Waals surface area contributed by atoms with Gasteiger partial charge in [-0.3, -0.25) is 0 Å². The van der Waals surface area contributed by atoms with Crippen molar-refractivity contribution in [1.82, 2.24) is 4.98 Å². The smallest absolute Gasteiger partial charge is 0.211 e. The van der Waals surface area contributed by atoms with Gasteiger partial charge in [0.1, 0.15) is 5.82 Å². The monoisotopic (exact) mass is 241 g/mol. The molecule has 0 aliphatic rings. The van der Waals surface area contributed by atoms with Crippen molar-refractivity contribution in [3.63, 3.8) is 0 Å². The van der Waals surface area contributed by atoms with Crippen LogP contribution in [-0.2, 0) is 0 Å². The van der Waals surface area contributed by atoms with Gasteiger partial charge < -0.3 is 5.11 Å². The van der Waals surface area contributed by atoms with E-state index in [4.69, 9.17) is 5.11 Å². The van der Waals surface area contributed by atoms with Crippen LogP contribution >= 0.6 is 15.9 Å². The van der Waals surface area contributed by atoms with Gasteiger partial charge in [0.25, 0.3) is 0 Å². The summed E-state index contributed by atoms with van der Waals surface area (Å²) in [5.41, 5.74) is 0. The molecule has 0 amide bonds. The number of benzene rings is 1. The SMILES string of the molecule is Oc1cc2c(Br)ccc(F)c2cn1. The van der Waals surface area contributed by atoms with Crippen molar-refractivity contribution in [1.29, 1.82) is 0 Å². The molecule has 2 rings (SSSR count). The Hall–Kier alpha value is -1.16. The zero-order valence-corrected chi connectivity index (χ0v) is 8.05. The Kier molecular flexibility index (Phi) is 1.92. The molecule has 1 heterocycles. The van der Waals surface area contributed by atoms with E-state index < -0.39 is 0 Å². The van der Waals surface area contributed by atoms with Gasteiger partial charge in [-0.05, 0) is 12.1 Å². The van der Waals surface area contributed by atoms with Crippen molar-refractivity contribution in [3.8, 4) is 5.88 Å². The molecule has 66 valence electrons. The van der Waals surface area contributed by atoms with Gasteiger partial charge in [-0.25, -0.2) is 9.37 Å². The molecule has 0 fully saturated rings. The standard InChI is InChI=1S/C9H5BrFNO/c10-7-1-2-8(11)6-4-12-9(13)3-5(6)7/h1-4H,(H,12,13). The summed E-state index contributed by atoms with van der Waals surface area (Å²) in [5, 5.41) is 10.1. The van der Waals surface area contributed by atoms with E-state index in [1.165, 1.54) is 18.3 Å². The molecule has 1 aromatic carbocycles. The third-order valence-electron chi connectivity index (χ3n) is 1.78. The molecule has 4 heteroatoms. The number of pyridine rings is 1. The van der Waals surface area contributed by atoms with Crippen molar-refractivity contribution in [3.05, 3.63) is 34.7 Å². The van der Waals surface area contributed by atoms with E-state index >= 15 is 0 Å². The highest BCUT2D eigenvalue weighted by atomic mass is 79.9. The first kappa shape index (κ1) is 8.44. The lowest BCUT2D eigenvalue weighted by molar-refractivity contribution is 0.454. The van der Waals surface area contributed by atoms with Crippen LogP contribution in [0.15, 0.2) is 28.9 Å². The van der Waals surface area contributed by atoms with Crippen LogP contribution in [0.25, 0.3) is 10.8 Å². The normalized spacial score (nSPS) is 10.6. The van der Waals surface area contributed by atoms with Crippen molar-refractivity contribution in [2.24, 2.45) is 0 Å². The summed E-state index contributed by atoms with van der Waals surface area (Å²) < 4.78 is 13.9. The fourth-order valence-corrected chi connectivity index (χ4v) is 1.62. The molecule has 0 saturated carbocycles. The topological polar surface area (TPSA) is 33.1 Å². The van der Waals surface area contributed by atoms with Crippen molar-refractivity contribution in [2.75, 3.05) is 0 Å². The summed E-state index contributed by atoms with van der Waals surface area (Å²) >= 11 is 3.26. The Bertz CT molecular complexity index is 472. The van der Waals surface area contributed by atoms with Gasteiger partial charge >= 0.3 is 0 Å². The summed E-state index contributed by atoms with van der Waals surface area (Å²) in [6, 6.07) is 4.37. The van der Waals surface area contributed by atoms with E-state index in [9.17, 15) is 4.39 Å². The van der Waals surface area contributed by atoms with Crippen LogP contribution in [0.3, 0.4) is 0 Å². The lowest BCUT2D eigenvalue weighted by Crippen LogP contribution is -1.82. The van der Waals surface area contributed by atoms with Crippen LogP contribution in [0.1, 0.15) is 0 Å². The van der Waals surface area contributed by atoms with Crippen LogP contribution in [0, 0.1) is 5.82 Å². The van der Waals surface area contributed by atoms with E-state index in [0.29, 0.717) is 10.8 Å². The zero-order chi connectivity index (χ0) is 9.42. The van der Waals surface area contributed by atoms with Gasteiger partial charge in [-0.2, -0.15) is 0 Å². The quantitative estimate of drug-likeness (QED) is 0.770. The first-order valence-electron chi connectivity index (χ1n) is 3.61. The molecule has 2 nitrogen and oxygen atoms in total. The molecular weight excluding hydrogens is 237 g/mol. The van der Waals surface area contributed by atoms with Crippen molar-refractivity contribution < 1.29 is 9.50 Å². The van der Waals surface area contributed by atoms with Crippen LogP contribution in [-0.4, -0.2) is 10.1 Å². The summed E-state index contributed by atoms with van der Waals surface area (Å²) in [7, 11) is 0. The summed E-state index contributed by atoms with van der Waals surface area (Å²) in [6.07, 6.45) is 1.31. The second-order valence-electron chi connectivity index (χ2n) is 2.62. The highest BCUT2D eigenvalue weighted by molar-refractivity contribution is 9.10. The number of aromatic nitrogens is 1. The molecule has 0 atom stereocenters. The number of rotatable bonds is 0. The average Bonchev–Trinajstić information content (AvgIpc) is 2.12. The lowest BCUT2D eigenvalue weighted by atomic mass is 10.2. The highest BCUT2D eigenvalue weighted by Crippen LogP contribution is 2.27. The molecule has 0 aliphatic heterocycles. The molecule has 1 N–H and O–H groups in total. The number of halogens is 2. The lowest BCUT2D eigenvalue weighted by Gasteiger charge is -2.01. The minimum Gasteiger partial charge on any atom is -0.493 e. The van der Waals surface area contributed by atoms with Crippen molar-refractivity contribution >= 4 is 26.7 Å². The Labute approximate surface area is 82.2 Å². The average molecular weight is 242 g/mol. The predicted octanol–water partition coefficient (Wildman–Crippen LogP) is 2.84. The van der Waals surface area contributed by atoms with Gasteiger partial charge in [-0.15, -0.1) is 0 Å². The minimum atomic E-state index is -0.342. The largest absolute Gasteiger partial charge is 0.493 e. The molecule has 0 bridgehead atoms. The Morgan fingerprint density at radius 3 is 2.85 bits per heavy atom. The third kappa shape index (κ3) is 1.37. The third-order valence-corrected chi connectivity index (χ3v) is 2.47. The minimum absolute atomic E-state index is 0.112. The molecule has 0 spiro atoms. The molecule has 0 saturated heterocycles. The maximum atomic E-state index is 13.2. The van der Waals surface area contributed by atoms with Gasteiger partial charge in [-0.1, -0.05) is 15.9 Å². The molecule has 1 aromatic heterocycles. The Balaban J connectivity index is 2.92. The van der Waals surface area contributed by atoms with Gasteiger partial charge in [0.05, 0.1) is 0 Å². The predicted molar refractivity (Wildman–Crippen MR) is 51.1 cm³/mol. The number of hydrogen-bond acceptors (Lipinski definition) is 2. The second kappa shape index (κ2) is 2.96. The van der Waals surface area contributed by atoms with E-state index in [-0.39, 0.29) is 11.7 Å². The number of fused-ring (bicyclic) bond motifs is 1. The summed E-state index contributed by atoms with van der Waals surface area (Å²) in [6.45, 7) is 0. The molecule has 13 heavy (non-hydrogen) atoms. The highest BCUT2D eigenvalue weighted by Gasteiger charge is 2.05. The molecule has 0 unspecified atom stereocenters. The number of hydrogen-bond donors (Lipinski definition) is 1. The first-order valence-corrected chi connectivity index (χ1v) is 4.40. The molecular formula is C9H5BrFNO. The maximum absolute atomic E-state index is 13.2. The van der Waals surface area contributed by atoms with E-state index in [1.807, 2.05) is 0 Å². The van der Waals surface area contributed by atoms with Crippen LogP contribution in [0.2, 0.25) is 0 Å². The number of nitrogens with zero attached hydrogens (tertiary/aromatic N) is 1. The molecule has 0 aliphatic carbocycles. The summed E-state index contributed by atoms with van der Waals surface area (Å²) in [4.78, 5) is 3.60. The van der Waals surface area contributed by atoms with Crippen molar-refractivity contribution in [2.45, 2.75) is 0 Å². The van der Waals surface area contributed by atoms with E-state index in [1.54, 1.807) is 6.07 Å². The van der Waals surface area contributed by atoms with E-state index in [0.717, 1.165) is 4.47 Å². The molecule has 0 radical (unpaired) electrons. The number of aromatic hydroxyl groups is 1. The van der Waals surface area contributed by atoms with Gasteiger partial charge in [0.15, 0.2) is 0 Å². The first-order chi connectivity index (χ1) is 6.18. The zero-order valence-electron chi connectivity index (χ0n) is 6.46. The fraction of sp³-hybridized carbons (Fsp3) is 0. The Morgan fingerprint density at radius 1 is 1.31 bits per heavy atom. The molecule has 2 aromatic rings. The van der Waals surface area contributed by atoms with Crippen LogP contribution < -0.4 is 0 Å². The Morgan fingerprint density at radius 2 is 2.08 bits per heavy atom. The fourth-order valence-electron chi connectivity index (χ4n) is 1.16. The van der Waals surface area contributed by atoms with Gasteiger partial charge in [0, 0.05) is 27.5 Å².